The second-order valence-corrected chi connectivity index (χ2v) is 4.16. The highest BCUT2D eigenvalue weighted by molar-refractivity contribution is 5.97. The number of benzene rings is 1. The molecule has 0 radical (unpaired) electrons. The van der Waals surface area contributed by atoms with E-state index in [0.717, 1.165) is 17.7 Å². The van der Waals surface area contributed by atoms with Crippen LogP contribution in [0, 0.1) is 0 Å². The Labute approximate surface area is 107 Å². The molecule has 1 heterocycles. The van der Waals surface area contributed by atoms with E-state index in [2.05, 4.69) is 12.2 Å². The summed E-state index contributed by atoms with van der Waals surface area (Å²) in [5.74, 6) is 0.938. The van der Waals surface area contributed by atoms with Gasteiger partial charge >= 0.3 is 0 Å². The van der Waals surface area contributed by atoms with E-state index in [1.54, 1.807) is 6.26 Å². The molecule has 1 aromatic carbocycles. The first-order chi connectivity index (χ1) is 8.79. The van der Waals surface area contributed by atoms with Crippen molar-refractivity contribution in [2.45, 2.75) is 19.9 Å². The van der Waals surface area contributed by atoms with E-state index in [4.69, 9.17) is 4.42 Å². The molecule has 0 aliphatic carbocycles. The molecule has 1 N–H and O–H groups in total. The fraction of sp³-hybridized carbons (Fsp3) is 0.267. The number of furan rings is 1. The normalized spacial score (nSPS) is 10.5. The summed E-state index contributed by atoms with van der Waals surface area (Å²) < 4.78 is 5.18. The molecule has 0 atom stereocenters. The highest BCUT2D eigenvalue weighted by Gasteiger charge is 2.05. The number of nitrogens with one attached hydrogen (secondary N) is 1. The molecule has 2 rings (SSSR count). The van der Waals surface area contributed by atoms with Gasteiger partial charge < -0.3 is 9.73 Å². The van der Waals surface area contributed by atoms with Gasteiger partial charge in [0.15, 0.2) is 5.78 Å². The molecule has 1 aromatic heterocycles. The molecule has 0 saturated heterocycles. The standard InChI is InChI=1S/C15H17NO2/c1-2-12-5-7-13(8-6-12)15(17)11-16-10-14-4-3-9-18-14/h3-9,16H,2,10-11H2,1H3. The van der Waals surface area contributed by atoms with Gasteiger partial charge in [-0.05, 0) is 24.1 Å². The van der Waals surface area contributed by atoms with Crippen molar-refractivity contribution in [2.75, 3.05) is 6.54 Å². The van der Waals surface area contributed by atoms with Crippen molar-refractivity contribution in [3.05, 3.63) is 59.5 Å². The summed E-state index contributed by atoms with van der Waals surface area (Å²) in [6.07, 6.45) is 2.62. The van der Waals surface area contributed by atoms with Gasteiger partial charge in [0.25, 0.3) is 0 Å². The maximum Gasteiger partial charge on any atom is 0.176 e. The average Bonchev–Trinajstić information content (AvgIpc) is 2.92. The Morgan fingerprint density at radius 3 is 2.61 bits per heavy atom. The number of carbonyl (C=O) groups is 1. The maximum atomic E-state index is 11.9. The van der Waals surface area contributed by atoms with Crippen molar-refractivity contribution in [1.29, 1.82) is 0 Å². The summed E-state index contributed by atoms with van der Waals surface area (Å²) in [6, 6.07) is 11.5. The van der Waals surface area contributed by atoms with E-state index >= 15 is 0 Å². The monoisotopic (exact) mass is 243 g/mol. The number of aryl methyl sites for hydroxylation is 1. The number of hydrogen-bond donors (Lipinski definition) is 1. The van der Waals surface area contributed by atoms with E-state index in [1.807, 2.05) is 36.4 Å². The van der Waals surface area contributed by atoms with E-state index in [0.29, 0.717) is 13.1 Å². The van der Waals surface area contributed by atoms with Crippen molar-refractivity contribution in [3.8, 4) is 0 Å². The highest BCUT2D eigenvalue weighted by Crippen LogP contribution is 2.06. The van der Waals surface area contributed by atoms with E-state index in [9.17, 15) is 4.79 Å². The van der Waals surface area contributed by atoms with E-state index in [-0.39, 0.29) is 5.78 Å². The van der Waals surface area contributed by atoms with Gasteiger partial charge in [0, 0.05) is 5.56 Å². The van der Waals surface area contributed by atoms with Crippen LogP contribution in [0.5, 0.6) is 0 Å². The SMILES string of the molecule is CCc1ccc(C(=O)CNCc2ccco2)cc1. The molecular formula is C15H17NO2. The third-order valence-electron chi connectivity index (χ3n) is 2.85. The lowest BCUT2D eigenvalue weighted by molar-refractivity contribution is 0.0990. The summed E-state index contributed by atoms with van der Waals surface area (Å²) in [4.78, 5) is 11.9. The van der Waals surface area contributed by atoms with Crippen molar-refractivity contribution in [3.63, 3.8) is 0 Å². The number of carbonyl (C=O) groups excluding carboxylic acids is 1. The molecule has 3 nitrogen and oxygen atoms in total. The van der Waals surface area contributed by atoms with Gasteiger partial charge in [0.05, 0.1) is 19.4 Å². The van der Waals surface area contributed by atoms with Crippen molar-refractivity contribution < 1.29 is 9.21 Å². The predicted octanol–water partition coefficient (Wildman–Crippen LogP) is 2.81. The molecule has 0 aliphatic rings. The lowest BCUT2D eigenvalue weighted by Crippen LogP contribution is -2.22. The van der Waals surface area contributed by atoms with Crippen LogP contribution in [0.1, 0.15) is 28.6 Å². The Hall–Kier alpha value is -1.87. The summed E-state index contributed by atoms with van der Waals surface area (Å²) in [5, 5.41) is 3.07. The first-order valence-corrected chi connectivity index (χ1v) is 6.15. The smallest absolute Gasteiger partial charge is 0.176 e. The molecule has 0 aliphatic heterocycles. The second-order valence-electron chi connectivity index (χ2n) is 4.16. The first kappa shape index (κ1) is 12.6. The largest absolute Gasteiger partial charge is 0.468 e. The molecule has 0 bridgehead atoms. The minimum absolute atomic E-state index is 0.101. The van der Waals surface area contributed by atoms with Gasteiger partial charge in [-0.25, -0.2) is 0 Å². The third kappa shape index (κ3) is 3.31. The van der Waals surface area contributed by atoms with Gasteiger partial charge in [-0.1, -0.05) is 31.2 Å². The lowest BCUT2D eigenvalue weighted by atomic mass is 10.1. The quantitative estimate of drug-likeness (QED) is 0.793. The van der Waals surface area contributed by atoms with Crippen LogP contribution in [0.2, 0.25) is 0 Å². The topological polar surface area (TPSA) is 42.2 Å². The van der Waals surface area contributed by atoms with Crippen LogP contribution in [0.15, 0.2) is 47.1 Å². The van der Waals surface area contributed by atoms with Gasteiger partial charge in [-0.3, -0.25) is 4.79 Å². The van der Waals surface area contributed by atoms with Crippen LogP contribution < -0.4 is 5.32 Å². The highest BCUT2D eigenvalue weighted by atomic mass is 16.3. The molecule has 0 amide bonds. The van der Waals surface area contributed by atoms with E-state index in [1.165, 1.54) is 5.56 Å². The zero-order chi connectivity index (χ0) is 12.8. The molecule has 0 fully saturated rings. The Bertz CT molecular complexity index is 486. The Morgan fingerprint density at radius 1 is 1.22 bits per heavy atom. The molecule has 94 valence electrons. The van der Waals surface area contributed by atoms with Gasteiger partial charge in [0.1, 0.15) is 5.76 Å². The molecule has 3 heteroatoms. The predicted molar refractivity (Wildman–Crippen MR) is 70.6 cm³/mol. The van der Waals surface area contributed by atoms with Crippen molar-refractivity contribution >= 4 is 5.78 Å². The number of rotatable bonds is 6. The van der Waals surface area contributed by atoms with Gasteiger partial charge in [-0.2, -0.15) is 0 Å². The van der Waals surface area contributed by atoms with Crippen LogP contribution in [-0.4, -0.2) is 12.3 Å². The number of Topliss-reactive ketones (excluding diaryl/α,β-unsaturated/α-hetero) is 1. The van der Waals surface area contributed by atoms with E-state index < -0.39 is 0 Å². The minimum atomic E-state index is 0.101. The molecule has 2 aromatic rings. The number of ketones is 1. The fourth-order valence-electron chi connectivity index (χ4n) is 1.74. The molecule has 0 spiro atoms. The second kappa shape index (κ2) is 6.17. The summed E-state index contributed by atoms with van der Waals surface area (Å²) >= 11 is 0. The summed E-state index contributed by atoms with van der Waals surface area (Å²) in [5.41, 5.74) is 1.99. The molecular weight excluding hydrogens is 226 g/mol. The maximum absolute atomic E-state index is 11.9. The Kier molecular flexibility index (Phi) is 4.31. The molecule has 0 saturated carbocycles. The fourth-order valence-corrected chi connectivity index (χ4v) is 1.74. The minimum Gasteiger partial charge on any atom is -0.468 e. The third-order valence-corrected chi connectivity index (χ3v) is 2.85. The van der Waals surface area contributed by atoms with Crippen LogP contribution >= 0.6 is 0 Å². The van der Waals surface area contributed by atoms with Crippen LogP contribution in [0.3, 0.4) is 0 Å². The average molecular weight is 243 g/mol. The lowest BCUT2D eigenvalue weighted by Gasteiger charge is -2.03. The van der Waals surface area contributed by atoms with Crippen molar-refractivity contribution in [1.82, 2.24) is 5.32 Å². The first-order valence-electron chi connectivity index (χ1n) is 6.15. The van der Waals surface area contributed by atoms with Crippen LogP contribution in [-0.2, 0) is 13.0 Å². The number of hydrogen-bond acceptors (Lipinski definition) is 3. The Morgan fingerprint density at radius 2 is 2.00 bits per heavy atom. The van der Waals surface area contributed by atoms with Crippen molar-refractivity contribution in [2.24, 2.45) is 0 Å². The van der Waals surface area contributed by atoms with Gasteiger partial charge in [0.2, 0.25) is 0 Å². The molecule has 18 heavy (non-hydrogen) atoms. The van der Waals surface area contributed by atoms with Gasteiger partial charge in [-0.15, -0.1) is 0 Å². The molecule has 0 unspecified atom stereocenters. The summed E-state index contributed by atoms with van der Waals surface area (Å²) in [7, 11) is 0. The Balaban J connectivity index is 1.83. The van der Waals surface area contributed by atoms with Crippen LogP contribution in [0.4, 0.5) is 0 Å². The summed E-state index contributed by atoms with van der Waals surface area (Å²) in [6.45, 7) is 3.00. The zero-order valence-electron chi connectivity index (χ0n) is 10.5. The zero-order valence-corrected chi connectivity index (χ0v) is 10.5. The van der Waals surface area contributed by atoms with Crippen LogP contribution in [0.25, 0.3) is 0 Å².